The second-order valence-corrected chi connectivity index (χ2v) is 5.99. The third-order valence-electron chi connectivity index (χ3n) is 2.63. The highest BCUT2D eigenvalue weighted by molar-refractivity contribution is 7.89. The van der Waals surface area contributed by atoms with Crippen LogP contribution in [0.15, 0.2) is 23.1 Å². The molecule has 2 N–H and O–H groups in total. The topological polar surface area (TPSA) is 111 Å². The van der Waals surface area contributed by atoms with Crippen molar-refractivity contribution in [3.05, 3.63) is 28.3 Å². The average Bonchev–Trinajstić information content (AvgIpc) is 2.45. The van der Waals surface area contributed by atoms with Gasteiger partial charge in [0.1, 0.15) is 4.90 Å². The lowest BCUT2D eigenvalue weighted by atomic mass is 10.3. The van der Waals surface area contributed by atoms with Gasteiger partial charge in [-0.15, -0.1) is 0 Å². The molecule has 0 aliphatic heterocycles. The van der Waals surface area contributed by atoms with Crippen LogP contribution in [0, 0.1) is 10.1 Å². The zero-order valence-electron chi connectivity index (χ0n) is 12.0. The summed E-state index contributed by atoms with van der Waals surface area (Å²) in [4.78, 5) is 10.1. The van der Waals surface area contributed by atoms with Crippen LogP contribution in [0.2, 0.25) is 0 Å². The lowest BCUT2D eigenvalue weighted by Crippen LogP contribution is -2.28. The van der Waals surface area contributed by atoms with Crippen molar-refractivity contribution in [1.29, 1.82) is 0 Å². The van der Waals surface area contributed by atoms with Crippen LogP contribution in [0.4, 0.5) is 11.4 Å². The molecule has 0 saturated heterocycles. The third kappa shape index (κ3) is 4.96. The van der Waals surface area contributed by atoms with E-state index in [-0.39, 0.29) is 23.7 Å². The van der Waals surface area contributed by atoms with Crippen LogP contribution in [0.25, 0.3) is 0 Å². The molecule has 21 heavy (non-hydrogen) atoms. The van der Waals surface area contributed by atoms with E-state index in [1.54, 1.807) is 0 Å². The molecule has 0 bridgehead atoms. The van der Waals surface area contributed by atoms with Crippen LogP contribution in [-0.4, -0.2) is 40.1 Å². The highest BCUT2D eigenvalue weighted by atomic mass is 32.2. The second kappa shape index (κ2) is 7.91. The molecule has 0 saturated carbocycles. The number of anilines is 1. The van der Waals surface area contributed by atoms with Gasteiger partial charge >= 0.3 is 0 Å². The van der Waals surface area contributed by atoms with Gasteiger partial charge in [-0.25, -0.2) is 13.1 Å². The van der Waals surface area contributed by atoms with Gasteiger partial charge in [-0.1, -0.05) is 6.92 Å². The molecule has 0 atom stereocenters. The Kier molecular flexibility index (Phi) is 6.53. The Morgan fingerprint density at radius 2 is 2.05 bits per heavy atom. The van der Waals surface area contributed by atoms with E-state index in [2.05, 4.69) is 10.0 Å². The second-order valence-electron chi connectivity index (χ2n) is 4.25. The molecule has 0 aromatic heterocycles. The van der Waals surface area contributed by atoms with Crippen molar-refractivity contribution in [2.45, 2.75) is 18.2 Å². The minimum Gasteiger partial charge on any atom is -0.384 e. The van der Waals surface area contributed by atoms with Crippen LogP contribution in [0.5, 0.6) is 0 Å². The zero-order valence-corrected chi connectivity index (χ0v) is 12.8. The van der Waals surface area contributed by atoms with Gasteiger partial charge in [-0.2, -0.15) is 0 Å². The number of hydrogen-bond acceptors (Lipinski definition) is 6. The molecule has 0 aliphatic carbocycles. The lowest BCUT2D eigenvalue weighted by molar-refractivity contribution is -0.385. The van der Waals surface area contributed by atoms with Gasteiger partial charge in [0.2, 0.25) is 10.0 Å². The van der Waals surface area contributed by atoms with Crippen molar-refractivity contribution >= 4 is 21.4 Å². The Hall–Kier alpha value is -1.71. The number of methoxy groups -OCH3 is 1. The third-order valence-corrected chi connectivity index (χ3v) is 4.13. The van der Waals surface area contributed by atoms with E-state index < -0.39 is 14.9 Å². The molecule has 0 fully saturated rings. The van der Waals surface area contributed by atoms with Crippen molar-refractivity contribution in [2.75, 3.05) is 32.1 Å². The summed E-state index contributed by atoms with van der Waals surface area (Å²) in [5.41, 5.74) is 0.0662. The Bertz CT molecular complexity index is 589. The minimum atomic E-state index is -3.85. The Morgan fingerprint density at radius 1 is 1.33 bits per heavy atom. The van der Waals surface area contributed by atoms with E-state index in [1.807, 2.05) is 6.92 Å². The zero-order chi connectivity index (χ0) is 15.9. The molecule has 0 radical (unpaired) electrons. The smallest absolute Gasteiger partial charge is 0.270 e. The maximum atomic E-state index is 12.2. The first kappa shape index (κ1) is 17.3. The molecule has 0 aliphatic rings. The number of non-ortho nitro benzene ring substituents is 1. The van der Waals surface area contributed by atoms with E-state index in [9.17, 15) is 18.5 Å². The van der Waals surface area contributed by atoms with Gasteiger partial charge in [0.05, 0.1) is 17.2 Å². The van der Waals surface area contributed by atoms with Crippen molar-refractivity contribution in [2.24, 2.45) is 0 Å². The number of nitrogens with zero attached hydrogens (tertiary/aromatic N) is 1. The molecular formula is C12H19N3O5S. The van der Waals surface area contributed by atoms with E-state index in [4.69, 9.17) is 4.74 Å². The fourth-order valence-electron chi connectivity index (χ4n) is 1.61. The van der Waals surface area contributed by atoms with E-state index in [0.29, 0.717) is 12.2 Å². The molecule has 118 valence electrons. The first-order valence-electron chi connectivity index (χ1n) is 6.43. The van der Waals surface area contributed by atoms with Gasteiger partial charge in [0.25, 0.3) is 5.69 Å². The number of nitro groups is 1. The van der Waals surface area contributed by atoms with Crippen molar-refractivity contribution < 1.29 is 18.1 Å². The summed E-state index contributed by atoms with van der Waals surface area (Å²) in [6, 6.07) is 3.72. The summed E-state index contributed by atoms with van der Waals surface area (Å²) in [5, 5.41) is 13.8. The molecule has 1 aromatic rings. The normalized spacial score (nSPS) is 11.3. The monoisotopic (exact) mass is 317 g/mol. The summed E-state index contributed by atoms with van der Waals surface area (Å²) in [5.74, 6) is 0. The lowest BCUT2D eigenvalue weighted by Gasteiger charge is -2.12. The van der Waals surface area contributed by atoms with Gasteiger partial charge in [-0.05, 0) is 12.5 Å². The number of rotatable bonds is 9. The predicted molar refractivity (Wildman–Crippen MR) is 78.9 cm³/mol. The number of sulfonamides is 1. The summed E-state index contributed by atoms with van der Waals surface area (Å²) < 4.78 is 31.6. The summed E-state index contributed by atoms with van der Waals surface area (Å²) in [6.07, 6.45) is 0.799. The van der Waals surface area contributed by atoms with Crippen LogP contribution in [0.3, 0.4) is 0 Å². The van der Waals surface area contributed by atoms with Crippen LogP contribution in [-0.2, 0) is 14.8 Å². The van der Waals surface area contributed by atoms with Crippen LogP contribution < -0.4 is 10.0 Å². The molecule has 1 rings (SSSR count). The summed E-state index contributed by atoms with van der Waals surface area (Å²) in [6.45, 7) is 2.81. The minimum absolute atomic E-state index is 0.0920. The SMILES string of the molecule is CCCNc1ccc([N+](=O)[O-])cc1S(=O)(=O)NCCOC. The Balaban J connectivity index is 3.14. The fraction of sp³-hybridized carbons (Fsp3) is 0.500. The predicted octanol–water partition coefficient (Wildman–Crippen LogP) is 1.34. The van der Waals surface area contributed by atoms with Crippen molar-refractivity contribution in [3.8, 4) is 0 Å². The first-order valence-corrected chi connectivity index (χ1v) is 7.91. The molecule has 0 amide bonds. The number of nitrogens with one attached hydrogen (secondary N) is 2. The van der Waals surface area contributed by atoms with Crippen molar-refractivity contribution in [1.82, 2.24) is 4.72 Å². The number of benzene rings is 1. The largest absolute Gasteiger partial charge is 0.384 e. The highest BCUT2D eigenvalue weighted by Crippen LogP contribution is 2.26. The number of ether oxygens (including phenoxy) is 1. The number of nitro benzene ring substituents is 1. The van der Waals surface area contributed by atoms with E-state index >= 15 is 0 Å². The molecule has 0 spiro atoms. The van der Waals surface area contributed by atoms with Gasteiger partial charge in [0, 0.05) is 32.3 Å². The maximum Gasteiger partial charge on any atom is 0.270 e. The molecular weight excluding hydrogens is 298 g/mol. The Morgan fingerprint density at radius 3 is 2.62 bits per heavy atom. The highest BCUT2D eigenvalue weighted by Gasteiger charge is 2.21. The molecule has 1 aromatic carbocycles. The van der Waals surface area contributed by atoms with Crippen LogP contribution in [0.1, 0.15) is 13.3 Å². The molecule has 0 heterocycles. The summed E-state index contributed by atoms with van der Waals surface area (Å²) in [7, 11) is -2.39. The fourth-order valence-corrected chi connectivity index (χ4v) is 2.82. The quantitative estimate of drug-likeness (QED) is 0.404. The standard InChI is InChI=1S/C12H19N3O5S/c1-3-6-13-11-5-4-10(15(16)17)9-12(11)21(18,19)14-7-8-20-2/h4-5,9,13-14H,3,6-8H2,1-2H3. The first-order chi connectivity index (χ1) is 9.92. The Labute approximate surface area is 123 Å². The van der Waals surface area contributed by atoms with Gasteiger partial charge in [-0.3, -0.25) is 10.1 Å². The van der Waals surface area contributed by atoms with Crippen molar-refractivity contribution in [3.63, 3.8) is 0 Å². The molecule has 9 heteroatoms. The summed E-state index contributed by atoms with van der Waals surface area (Å²) >= 11 is 0. The average molecular weight is 317 g/mol. The van der Waals surface area contributed by atoms with E-state index in [1.165, 1.54) is 19.2 Å². The number of hydrogen-bond donors (Lipinski definition) is 2. The van der Waals surface area contributed by atoms with Gasteiger partial charge < -0.3 is 10.1 Å². The maximum absolute atomic E-state index is 12.2. The molecule has 8 nitrogen and oxygen atoms in total. The molecule has 0 unspecified atom stereocenters. The van der Waals surface area contributed by atoms with E-state index in [0.717, 1.165) is 12.5 Å². The van der Waals surface area contributed by atoms with Crippen LogP contribution >= 0.6 is 0 Å². The van der Waals surface area contributed by atoms with Gasteiger partial charge in [0.15, 0.2) is 0 Å².